The second-order valence-corrected chi connectivity index (χ2v) is 7.23. The van der Waals surface area contributed by atoms with Crippen LogP contribution in [0.4, 0.5) is 10.1 Å². The van der Waals surface area contributed by atoms with Gasteiger partial charge in [0.1, 0.15) is 5.82 Å². The Balaban J connectivity index is 2.04. The minimum atomic E-state index is -0.789. The predicted molar refractivity (Wildman–Crippen MR) is 107 cm³/mol. The zero-order valence-electron chi connectivity index (χ0n) is 15.3. The Morgan fingerprint density at radius 1 is 1.25 bits per heavy atom. The molecule has 1 amide bonds. The molecule has 0 heterocycles. The SMILES string of the molecule is COc1cc(C(=O)OCC(=O)Nc2ccc(Br)cc2F)cc(Cl)c1OC(C)C. The van der Waals surface area contributed by atoms with E-state index in [1.807, 2.05) is 13.8 Å². The van der Waals surface area contributed by atoms with Crippen LogP contribution in [0, 0.1) is 5.82 Å². The Labute approximate surface area is 175 Å². The van der Waals surface area contributed by atoms with E-state index in [0.29, 0.717) is 10.2 Å². The zero-order valence-corrected chi connectivity index (χ0v) is 17.7. The molecular weight excluding hydrogens is 457 g/mol. The average molecular weight is 475 g/mol. The van der Waals surface area contributed by atoms with Gasteiger partial charge in [0.25, 0.3) is 5.91 Å². The van der Waals surface area contributed by atoms with E-state index >= 15 is 0 Å². The zero-order chi connectivity index (χ0) is 20.8. The van der Waals surface area contributed by atoms with Crippen molar-refractivity contribution < 1.29 is 28.2 Å². The van der Waals surface area contributed by atoms with Gasteiger partial charge in [-0.05, 0) is 44.2 Å². The summed E-state index contributed by atoms with van der Waals surface area (Å²) in [5.41, 5.74) is 0.0599. The highest BCUT2D eigenvalue weighted by Crippen LogP contribution is 2.37. The van der Waals surface area contributed by atoms with Gasteiger partial charge in [-0.25, -0.2) is 9.18 Å². The second-order valence-electron chi connectivity index (χ2n) is 5.90. The Hall–Kier alpha value is -2.32. The number of rotatable bonds is 7. The van der Waals surface area contributed by atoms with Crippen LogP contribution < -0.4 is 14.8 Å². The molecule has 0 aliphatic rings. The topological polar surface area (TPSA) is 73.9 Å². The normalized spacial score (nSPS) is 10.5. The monoisotopic (exact) mass is 473 g/mol. The van der Waals surface area contributed by atoms with E-state index in [0.717, 1.165) is 0 Å². The molecule has 0 radical (unpaired) electrons. The summed E-state index contributed by atoms with van der Waals surface area (Å²) in [4.78, 5) is 24.1. The first-order valence-electron chi connectivity index (χ1n) is 8.17. The Morgan fingerprint density at radius 2 is 1.96 bits per heavy atom. The summed E-state index contributed by atoms with van der Waals surface area (Å²) in [6.07, 6.45) is -0.146. The molecule has 150 valence electrons. The van der Waals surface area contributed by atoms with Crippen molar-refractivity contribution in [2.45, 2.75) is 20.0 Å². The third kappa shape index (κ3) is 5.84. The fourth-order valence-electron chi connectivity index (χ4n) is 2.18. The van der Waals surface area contributed by atoms with Gasteiger partial charge in [-0.3, -0.25) is 4.79 Å². The minimum Gasteiger partial charge on any atom is -0.493 e. The Kier molecular flexibility index (Phi) is 7.65. The van der Waals surface area contributed by atoms with E-state index in [2.05, 4.69) is 21.2 Å². The molecule has 28 heavy (non-hydrogen) atoms. The lowest BCUT2D eigenvalue weighted by molar-refractivity contribution is -0.119. The summed E-state index contributed by atoms with van der Waals surface area (Å²) in [5, 5.41) is 2.49. The van der Waals surface area contributed by atoms with E-state index in [1.165, 1.54) is 31.4 Å². The summed E-state index contributed by atoms with van der Waals surface area (Å²) >= 11 is 9.29. The van der Waals surface area contributed by atoms with Gasteiger partial charge < -0.3 is 19.5 Å². The molecular formula is C19H18BrClFNO5. The first-order valence-corrected chi connectivity index (χ1v) is 9.34. The van der Waals surface area contributed by atoms with E-state index in [9.17, 15) is 14.0 Å². The molecule has 0 saturated heterocycles. The van der Waals surface area contributed by atoms with Crippen LogP contribution in [-0.2, 0) is 9.53 Å². The highest BCUT2D eigenvalue weighted by atomic mass is 79.9. The van der Waals surface area contributed by atoms with Crippen molar-refractivity contribution in [2.75, 3.05) is 19.0 Å². The number of hydrogen-bond acceptors (Lipinski definition) is 5. The fourth-order valence-corrected chi connectivity index (χ4v) is 2.77. The number of methoxy groups -OCH3 is 1. The van der Waals surface area contributed by atoms with Gasteiger partial charge in [-0.2, -0.15) is 0 Å². The van der Waals surface area contributed by atoms with Gasteiger partial charge in [-0.15, -0.1) is 0 Å². The van der Waals surface area contributed by atoms with Crippen molar-refractivity contribution in [1.29, 1.82) is 0 Å². The quantitative estimate of drug-likeness (QED) is 0.582. The highest BCUT2D eigenvalue weighted by molar-refractivity contribution is 9.10. The van der Waals surface area contributed by atoms with Gasteiger partial charge in [0.05, 0.1) is 29.5 Å². The summed E-state index contributed by atoms with van der Waals surface area (Å²) in [5.74, 6) is -1.53. The highest BCUT2D eigenvalue weighted by Gasteiger charge is 2.19. The number of hydrogen-bond donors (Lipinski definition) is 1. The maximum Gasteiger partial charge on any atom is 0.338 e. The summed E-state index contributed by atoms with van der Waals surface area (Å²) in [7, 11) is 1.41. The van der Waals surface area contributed by atoms with Gasteiger partial charge in [0, 0.05) is 4.47 Å². The van der Waals surface area contributed by atoms with E-state index in [4.69, 9.17) is 25.8 Å². The molecule has 6 nitrogen and oxygen atoms in total. The van der Waals surface area contributed by atoms with Crippen molar-refractivity contribution in [1.82, 2.24) is 0 Å². The van der Waals surface area contributed by atoms with Crippen molar-refractivity contribution in [3.63, 3.8) is 0 Å². The molecule has 2 aromatic carbocycles. The van der Waals surface area contributed by atoms with Crippen molar-refractivity contribution >= 4 is 45.1 Å². The summed E-state index contributed by atoms with van der Waals surface area (Å²) in [6.45, 7) is 3.05. The smallest absolute Gasteiger partial charge is 0.338 e. The molecule has 0 unspecified atom stereocenters. The average Bonchev–Trinajstić information content (AvgIpc) is 2.63. The van der Waals surface area contributed by atoms with Crippen molar-refractivity contribution in [3.05, 3.63) is 51.2 Å². The number of esters is 1. The number of ether oxygens (including phenoxy) is 3. The summed E-state index contributed by atoms with van der Waals surface area (Å²) < 4.78 is 30.0. The van der Waals surface area contributed by atoms with E-state index < -0.39 is 24.3 Å². The third-order valence-electron chi connectivity index (χ3n) is 3.36. The molecule has 0 aliphatic heterocycles. The van der Waals surface area contributed by atoms with Gasteiger partial charge in [0.2, 0.25) is 0 Å². The van der Waals surface area contributed by atoms with Crippen LogP contribution in [0.2, 0.25) is 5.02 Å². The second kappa shape index (κ2) is 9.75. The lowest BCUT2D eigenvalue weighted by Crippen LogP contribution is -2.21. The first kappa shape index (κ1) is 22.0. The van der Waals surface area contributed by atoms with Crippen LogP contribution in [0.3, 0.4) is 0 Å². The van der Waals surface area contributed by atoms with Crippen LogP contribution in [0.15, 0.2) is 34.8 Å². The van der Waals surface area contributed by atoms with Gasteiger partial charge in [-0.1, -0.05) is 27.5 Å². The molecule has 0 atom stereocenters. The molecule has 0 bridgehead atoms. The molecule has 0 saturated carbocycles. The number of carbonyl (C=O) groups is 2. The van der Waals surface area contributed by atoms with Crippen LogP contribution in [0.5, 0.6) is 11.5 Å². The minimum absolute atomic E-state index is 0.0239. The largest absolute Gasteiger partial charge is 0.493 e. The van der Waals surface area contributed by atoms with Crippen LogP contribution >= 0.6 is 27.5 Å². The fraction of sp³-hybridized carbons (Fsp3) is 0.263. The Morgan fingerprint density at radius 3 is 2.57 bits per heavy atom. The molecule has 0 aromatic heterocycles. The van der Waals surface area contributed by atoms with Crippen LogP contribution in [0.1, 0.15) is 24.2 Å². The van der Waals surface area contributed by atoms with E-state index in [1.54, 1.807) is 6.07 Å². The van der Waals surface area contributed by atoms with Crippen LogP contribution in [-0.4, -0.2) is 31.7 Å². The first-order chi connectivity index (χ1) is 13.2. The standard InChI is InChI=1S/C19H18BrClFNO5/c1-10(2)28-18-13(21)6-11(7-16(18)26-3)19(25)27-9-17(24)23-15-5-4-12(20)8-14(15)22/h4-8,10H,9H2,1-3H3,(H,23,24). The van der Waals surface area contributed by atoms with Gasteiger partial charge >= 0.3 is 5.97 Å². The number of halogens is 3. The van der Waals surface area contributed by atoms with Crippen molar-refractivity contribution in [2.24, 2.45) is 0 Å². The number of nitrogens with one attached hydrogen (secondary N) is 1. The van der Waals surface area contributed by atoms with Crippen LogP contribution in [0.25, 0.3) is 0 Å². The lowest BCUT2D eigenvalue weighted by Gasteiger charge is -2.16. The maximum absolute atomic E-state index is 13.7. The molecule has 2 aromatic rings. The number of benzene rings is 2. The molecule has 0 spiro atoms. The lowest BCUT2D eigenvalue weighted by atomic mass is 10.2. The third-order valence-corrected chi connectivity index (χ3v) is 4.13. The molecule has 9 heteroatoms. The molecule has 2 rings (SSSR count). The predicted octanol–water partition coefficient (Wildman–Crippen LogP) is 4.83. The number of anilines is 1. The van der Waals surface area contributed by atoms with Crippen molar-refractivity contribution in [3.8, 4) is 11.5 Å². The number of amides is 1. The number of carbonyl (C=O) groups excluding carboxylic acids is 2. The Bertz CT molecular complexity index is 891. The van der Waals surface area contributed by atoms with Gasteiger partial charge in [0.15, 0.2) is 18.1 Å². The molecule has 0 aliphatic carbocycles. The summed E-state index contributed by atoms with van der Waals surface area (Å²) in [6, 6.07) is 6.92. The van der Waals surface area contributed by atoms with E-state index in [-0.39, 0.29) is 28.1 Å². The molecule has 1 N–H and O–H groups in total. The maximum atomic E-state index is 13.7. The molecule has 0 fully saturated rings.